The minimum Gasteiger partial charge on any atom is -0.378 e. The molecule has 6 nitrogen and oxygen atoms in total. The van der Waals surface area contributed by atoms with Gasteiger partial charge in [0, 0.05) is 17.8 Å². The Kier molecular flexibility index (Phi) is 8.39. The van der Waals surface area contributed by atoms with Crippen molar-refractivity contribution in [3.05, 3.63) is 35.7 Å². The molecule has 0 bridgehead atoms. The number of benzene rings is 1. The molecule has 2 fully saturated rings. The predicted octanol–water partition coefficient (Wildman–Crippen LogP) is 5.96. The Balaban J connectivity index is 1.43. The van der Waals surface area contributed by atoms with Gasteiger partial charge in [0.25, 0.3) is 0 Å². The Morgan fingerprint density at radius 1 is 1.03 bits per heavy atom. The van der Waals surface area contributed by atoms with Crippen LogP contribution in [0.15, 0.2) is 29.4 Å². The van der Waals surface area contributed by atoms with E-state index in [1.807, 2.05) is 0 Å². The van der Waals surface area contributed by atoms with Gasteiger partial charge < -0.3 is 15.2 Å². The van der Waals surface area contributed by atoms with Crippen molar-refractivity contribution in [2.45, 2.75) is 94.2 Å². The number of amides is 1. The van der Waals surface area contributed by atoms with Crippen LogP contribution in [0, 0.1) is 0 Å². The highest BCUT2D eigenvalue weighted by Gasteiger charge is 2.30. The fraction of sp³-hybridized carbons (Fsp3) is 0.625. The number of thioether (sulfide) groups is 1. The summed E-state index contributed by atoms with van der Waals surface area (Å²) in [5.74, 6) is 0.973. The van der Waals surface area contributed by atoms with Gasteiger partial charge in [0.15, 0.2) is 11.0 Å². The predicted molar refractivity (Wildman–Crippen MR) is 127 cm³/mol. The molecule has 4 rings (SSSR count). The SMILES string of the molecule is O=C(CSc1nnc(CNc2cccc(C(F)(F)F)c2)n1C1CCCCC1)NC1CCCCC1. The molecule has 1 aromatic heterocycles. The fourth-order valence-electron chi connectivity index (χ4n) is 4.87. The number of aromatic nitrogens is 3. The second-order valence-electron chi connectivity index (χ2n) is 9.18. The molecule has 1 amide bonds. The minimum absolute atomic E-state index is 0.0127. The molecule has 34 heavy (non-hydrogen) atoms. The monoisotopic (exact) mass is 495 g/mol. The number of rotatable bonds is 8. The van der Waals surface area contributed by atoms with Gasteiger partial charge in [-0.05, 0) is 43.9 Å². The van der Waals surface area contributed by atoms with Crippen LogP contribution in [-0.4, -0.2) is 32.5 Å². The number of hydrogen-bond donors (Lipinski definition) is 2. The summed E-state index contributed by atoms with van der Waals surface area (Å²) in [6, 6.07) is 5.68. The molecule has 2 aliphatic rings. The maximum atomic E-state index is 13.0. The van der Waals surface area contributed by atoms with E-state index >= 15 is 0 Å². The van der Waals surface area contributed by atoms with Crippen LogP contribution in [0.2, 0.25) is 0 Å². The molecular weight excluding hydrogens is 463 g/mol. The summed E-state index contributed by atoms with van der Waals surface area (Å²) in [5.41, 5.74) is -0.305. The maximum Gasteiger partial charge on any atom is 0.416 e. The molecule has 1 heterocycles. The lowest BCUT2D eigenvalue weighted by Crippen LogP contribution is -2.37. The number of nitrogens with one attached hydrogen (secondary N) is 2. The molecule has 0 unspecified atom stereocenters. The van der Waals surface area contributed by atoms with Crippen LogP contribution in [0.4, 0.5) is 18.9 Å². The highest BCUT2D eigenvalue weighted by Crippen LogP contribution is 2.34. The lowest BCUT2D eigenvalue weighted by Gasteiger charge is -2.26. The van der Waals surface area contributed by atoms with Crippen LogP contribution in [0.1, 0.15) is 81.6 Å². The second-order valence-corrected chi connectivity index (χ2v) is 10.1. The number of carbonyl (C=O) groups is 1. The van der Waals surface area contributed by atoms with Gasteiger partial charge in [0.1, 0.15) is 0 Å². The summed E-state index contributed by atoms with van der Waals surface area (Å²) >= 11 is 1.39. The van der Waals surface area contributed by atoms with Gasteiger partial charge in [0.05, 0.1) is 17.9 Å². The van der Waals surface area contributed by atoms with Gasteiger partial charge in [-0.1, -0.05) is 56.4 Å². The molecule has 2 saturated carbocycles. The zero-order valence-corrected chi connectivity index (χ0v) is 20.1. The van der Waals surface area contributed by atoms with Crippen LogP contribution in [0.25, 0.3) is 0 Å². The van der Waals surface area contributed by atoms with Gasteiger partial charge in [-0.2, -0.15) is 13.2 Å². The Labute approximate surface area is 202 Å². The number of halogens is 3. The van der Waals surface area contributed by atoms with E-state index in [1.165, 1.54) is 30.7 Å². The van der Waals surface area contributed by atoms with Crippen LogP contribution >= 0.6 is 11.8 Å². The molecule has 0 aliphatic heterocycles. The lowest BCUT2D eigenvalue weighted by atomic mass is 9.95. The summed E-state index contributed by atoms with van der Waals surface area (Å²) in [4.78, 5) is 12.5. The highest BCUT2D eigenvalue weighted by atomic mass is 32.2. The Hall–Kier alpha value is -2.23. The van der Waals surface area contributed by atoms with Crippen molar-refractivity contribution in [1.82, 2.24) is 20.1 Å². The Morgan fingerprint density at radius 2 is 1.74 bits per heavy atom. The molecule has 2 aromatic rings. The van der Waals surface area contributed by atoms with Crippen LogP contribution in [-0.2, 0) is 17.5 Å². The van der Waals surface area contributed by atoms with Crippen LogP contribution in [0.5, 0.6) is 0 Å². The second kappa shape index (κ2) is 11.5. The summed E-state index contributed by atoms with van der Waals surface area (Å²) in [6.07, 6.45) is 6.72. The smallest absolute Gasteiger partial charge is 0.378 e. The number of nitrogens with zero attached hydrogens (tertiary/aromatic N) is 3. The first-order chi connectivity index (χ1) is 16.4. The van der Waals surface area contributed by atoms with E-state index in [0.29, 0.717) is 16.7 Å². The molecule has 186 valence electrons. The van der Waals surface area contributed by atoms with Crippen molar-refractivity contribution in [3.8, 4) is 0 Å². The van der Waals surface area contributed by atoms with Gasteiger partial charge in [-0.3, -0.25) is 4.79 Å². The standard InChI is InChI=1S/C24H32F3N5OS/c25-24(26,27)17-8-7-11-19(14-17)28-15-21-30-31-23(32(21)20-12-5-2-6-13-20)34-16-22(33)29-18-9-3-1-4-10-18/h7-8,11,14,18,20,28H,1-6,9-10,12-13,15-16H2,(H,29,33). The van der Waals surface area contributed by atoms with Crippen molar-refractivity contribution in [3.63, 3.8) is 0 Å². The number of hydrogen-bond acceptors (Lipinski definition) is 5. The van der Waals surface area contributed by atoms with Gasteiger partial charge >= 0.3 is 6.18 Å². The van der Waals surface area contributed by atoms with Crippen molar-refractivity contribution < 1.29 is 18.0 Å². The van der Waals surface area contributed by atoms with Crippen LogP contribution < -0.4 is 10.6 Å². The topological polar surface area (TPSA) is 71.8 Å². The normalized spacial score (nSPS) is 18.1. The third kappa shape index (κ3) is 6.67. The number of anilines is 1. The fourth-order valence-corrected chi connectivity index (χ4v) is 5.70. The molecule has 0 atom stereocenters. The van der Waals surface area contributed by atoms with Crippen LogP contribution in [0.3, 0.4) is 0 Å². The van der Waals surface area contributed by atoms with Crippen molar-refractivity contribution in [1.29, 1.82) is 0 Å². The van der Waals surface area contributed by atoms with E-state index in [-0.39, 0.29) is 30.3 Å². The van der Waals surface area contributed by atoms with E-state index in [0.717, 1.165) is 63.5 Å². The third-order valence-electron chi connectivity index (χ3n) is 6.62. The molecule has 2 N–H and O–H groups in total. The van der Waals surface area contributed by atoms with Gasteiger partial charge in [-0.25, -0.2) is 0 Å². The summed E-state index contributed by atoms with van der Waals surface area (Å²) in [6.45, 7) is 0.264. The zero-order chi connectivity index (χ0) is 24.0. The zero-order valence-electron chi connectivity index (χ0n) is 19.2. The van der Waals surface area contributed by atoms with E-state index in [1.54, 1.807) is 6.07 Å². The first-order valence-electron chi connectivity index (χ1n) is 12.2. The van der Waals surface area contributed by atoms with E-state index < -0.39 is 11.7 Å². The first-order valence-corrected chi connectivity index (χ1v) is 13.2. The van der Waals surface area contributed by atoms with Crippen molar-refractivity contribution in [2.75, 3.05) is 11.1 Å². The third-order valence-corrected chi connectivity index (χ3v) is 7.56. The number of alkyl halides is 3. The average Bonchev–Trinajstić information content (AvgIpc) is 3.25. The molecule has 1 aromatic carbocycles. The van der Waals surface area contributed by atoms with Crippen molar-refractivity contribution >= 4 is 23.4 Å². The molecule has 2 aliphatic carbocycles. The first kappa shape index (κ1) is 24.9. The quantitative estimate of drug-likeness (QED) is 0.443. The molecular formula is C24H32F3N5OS. The van der Waals surface area contributed by atoms with Gasteiger partial charge in [-0.15, -0.1) is 10.2 Å². The highest BCUT2D eigenvalue weighted by molar-refractivity contribution is 7.99. The summed E-state index contributed by atoms with van der Waals surface area (Å²) in [7, 11) is 0. The molecule has 0 radical (unpaired) electrons. The summed E-state index contributed by atoms with van der Waals surface area (Å²) in [5, 5.41) is 15.6. The van der Waals surface area contributed by atoms with E-state index in [4.69, 9.17) is 0 Å². The Bertz CT molecular complexity index is 952. The number of carbonyl (C=O) groups excluding carboxylic acids is 1. The van der Waals surface area contributed by atoms with E-state index in [9.17, 15) is 18.0 Å². The van der Waals surface area contributed by atoms with Gasteiger partial charge in [0.2, 0.25) is 5.91 Å². The van der Waals surface area contributed by atoms with E-state index in [2.05, 4.69) is 25.4 Å². The van der Waals surface area contributed by atoms with Crippen molar-refractivity contribution in [2.24, 2.45) is 0 Å². The minimum atomic E-state index is -4.39. The molecule has 0 spiro atoms. The lowest BCUT2D eigenvalue weighted by molar-refractivity contribution is -0.137. The maximum absolute atomic E-state index is 13.0. The molecule has 0 saturated heterocycles. The summed E-state index contributed by atoms with van der Waals surface area (Å²) < 4.78 is 41.2. The largest absolute Gasteiger partial charge is 0.416 e. The Morgan fingerprint density at radius 3 is 2.44 bits per heavy atom. The average molecular weight is 496 g/mol. The molecule has 10 heteroatoms.